The van der Waals surface area contributed by atoms with Crippen LogP contribution in [-0.2, 0) is 6.42 Å². The predicted octanol–water partition coefficient (Wildman–Crippen LogP) is 4.47. The second kappa shape index (κ2) is 5.73. The van der Waals surface area contributed by atoms with Gasteiger partial charge in [-0.1, -0.05) is 18.2 Å². The minimum atomic E-state index is 0.146. The number of hydrogen-bond acceptors (Lipinski definition) is 4. The maximum atomic E-state index is 5.73. The van der Waals surface area contributed by atoms with E-state index < -0.39 is 0 Å². The van der Waals surface area contributed by atoms with Crippen LogP contribution in [0.25, 0.3) is 10.1 Å². The SMILES string of the molecule is NNC(Cc1csc2ccccc12)c1sccc1Br. The van der Waals surface area contributed by atoms with Crippen molar-refractivity contribution >= 4 is 48.7 Å². The molecule has 0 spiro atoms. The third-order valence-corrected chi connectivity index (χ3v) is 6.14. The number of nitrogens with one attached hydrogen (secondary N) is 1. The normalized spacial score (nSPS) is 12.9. The van der Waals surface area contributed by atoms with Crippen LogP contribution in [0.1, 0.15) is 16.5 Å². The number of benzene rings is 1. The van der Waals surface area contributed by atoms with Gasteiger partial charge in [-0.15, -0.1) is 22.7 Å². The van der Waals surface area contributed by atoms with Crippen molar-refractivity contribution in [3.05, 3.63) is 56.0 Å². The molecule has 5 heteroatoms. The van der Waals surface area contributed by atoms with Gasteiger partial charge in [0.25, 0.3) is 0 Å². The average molecular weight is 353 g/mol. The van der Waals surface area contributed by atoms with Crippen molar-refractivity contribution < 1.29 is 0 Å². The zero-order chi connectivity index (χ0) is 13.2. The molecule has 19 heavy (non-hydrogen) atoms. The molecule has 2 nitrogen and oxygen atoms in total. The fourth-order valence-electron chi connectivity index (χ4n) is 2.19. The fraction of sp³-hybridized carbons (Fsp3) is 0.143. The van der Waals surface area contributed by atoms with E-state index in [1.807, 2.05) is 0 Å². The second-order valence-electron chi connectivity index (χ2n) is 4.31. The first-order valence-electron chi connectivity index (χ1n) is 5.93. The van der Waals surface area contributed by atoms with Gasteiger partial charge >= 0.3 is 0 Å². The molecule has 1 atom stereocenters. The first kappa shape index (κ1) is 13.3. The zero-order valence-corrected chi connectivity index (χ0v) is 13.3. The van der Waals surface area contributed by atoms with Crippen LogP contribution >= 0.6 is 38.6 Å². The summed E-state index contributed by atoms with van der Waals surface area (Å²) in [5.41, 5.74) is 4.28. The van der Waals surface area contributed by atoms with E-state index in [2.05, 4.69) is 62.4 Å². The Balaban J connectivity index is 1.93. The largest absolute Gasteiger partial charge is 0.271 e. The Morgan fingerprint density at radius 1 is 1.21 bits per heavy atom. The average Bonchev–Trinajstić information content (AvgIpc) is 3.03. The standard InChI is InChI=1S/C14H13BrN2S2/c15-11-5-6-18-14(11)12(17-16)7-9-8-19-13-4-2-1-3-10(9)13/h1-6,8,12,17H,7,16H2. The number of halogens is 1. The maximum absolute atomic E-state index is 5.73. The van der Waals surface area contributed by atoms with Crippen LogP contribution in [0.3, 0.4) is 0 Å². The van der Waals surface area contributed by atoms with E-state index in [0.29, 0.717) is 0 Å². The molecule has 0 aliphatic carbocycles. The molecule has 0 aliphatic heterocycles. The molecule has 0 fully saturated rings. The highest BCUT2D eigenvalue weighted by Gasteiger charge is 2.17. The number of hydrogen-bond donors (Lipinski definition) is 2. The van der Waals surface area contributed by atoms with Crippen LogP contribution < -0.4 is 11.3 Å². The Hall–Kier alpha value is -0.720. The highest BCUT2D eigenvalue weighted by molar-refractivity contribution is 9.10. The van der Waals surface area contributed by atoms with E-state index in [-0.39, 0.29) is 6.04 Å². The minimum Gasteiger partial charge on any atom is -0.271 e. The highest BCUT2D eigenvalue weighted by atomic mass is 79.9. The lowest BCUT2D eigenvalue weighted by atomic mass is 10.0. The van der Waals surface area contributed by atoms with E-state index in [0.717, 1.165) is 10.9 Å². The Labute approximate surface area is 128 Å². The van der Waals surface area contributed by atoms with Crippen molar-refractivity contribution in [3.63, 3.8) is 0 Å². The van der Waals surface area contributed by atoms with Crippen LogP contribution in [0.2, 0.25) is 0 Å². The molecule has 2 heterocycles. The summed E-state index contributed by atoms with van der Waals surface area (Å²) in [4.78, 5) is 1.25. The first-order valence-corrected chi connectivity index (χ1v) is 8.49. The molecule has 98 valence electrons. The molecule has 0 radical (unpaired) electrons. The van der Waals surface area contributed by atoms with Gasteiger partial charge in [0, 0.05) is 14.0 Å². The van der Waals surface area contributed by atoms with E-state index in [4.69, 9.17) is 5.84 Å². The van der Waals surface area contributed by atoms with Gasteiger partial charge in [-0.2, -0.15) is 0 Å². The zero-order valence-electron chi connectivity index (χ0n) is 10.1. The van der Waals surface area contributed by atoms with Crippen molar-refractivity contribution in [1.82, 2.24) is 5.43 Å². The smallest absolute Gasteiger partial charge is 0.0605 e. The van der Waals surface area contributed by atoms with Gasteiger partial charge < -0.3 is 0 Å². The first-order chi connectivity index (χ1) is 9.29. The van der Waals surface area contributed by atoms with E-state index in [9.17, 15) is 0 Å². The van der Waals surface area contributed by atoms with Crippen LogP contribution in [0.5, 0.6) is 0 Å². The van der Waals surface area contributed by atoms with Crippen molar-refractivity contribution in [3.8, 4) is 0 Å². The molecule has 0 amide bonds. The molecular weight excluding hydrogens is 340 g/mol. The van der Waals surface area contributed by atoms with Crippen molar-refractivity contribution in [2.45, 2.75) is 12.5 Å². The maximum Gasteiger partial charge on any atom is 0.0605 e. The van der Waals surface area contributed by atoms with Gasteiger partial charge in [-0.3, -0.25) is 11.3 Å². The molecule has 1 unspecified atom stereocenters. The molecular formula is C14H13BrN2S2. The van der Waals surface area contributed by atoms with Crippen LogP contribution in [0.4, 0.5) is 0 Å². The summed E-state index contributed by atoms with van der Waals surface area (Å²) in [7, 11) is 0. The van der Waals surface area contributed by atoms with Crippen molar-refractivity contribution in [2.75, 3.05) is 0 Å². The van der Waals surface area contributed by atoms with Crippen LogP contribution in [0, 0.1) is 0 Å². The summed E-state index contributed by atoms with van der Waals surface area (Å²) < 4.78 is 2.46. The molecule has 0 saturated heterocycles. The van der Waals surface area contributed by atoms with Crippen LogP contribution in [0.15, 0.2) is 45.6 Å². The third kappa shape index (κ3) is 2.61. The van der Waals surface area contributed by atoms with Gasteiger partial charge in [0.15, 0.2) is 0 Å². The topological polar surface area (TPSA) is 38.0 Å². The predicted molar refractivity (Wildman–Crippen MR) is 87.6 cm³/mol. The lowest BCUT2D eigenvalue weighted by Crippen LogP contribution is -2.29. The Morgan fingerprint density at radius 2 is 2.05 bits per heavy atom. The summed E-state index contributed by atoms with van der Waals surface area (Å²) in [6.45, 7) is 0. The van der Waals surface area contributed by atoms with Gasteiger partial charge in [-0.05, 0) is 56.2 Å². The van der Waals surface area contributed by atoms with E-state index >= 15 is 0 Å². The van der Waals surface area contributed by atoms with Gasteiger partial charge in [-0.25, -0.2) is 0 Å². The van der Waals surface area contributed by atoms with Crippen molar-refractivity contribution in [2.24, 2.45) is 5.84 Å². The molecule has 0 aliphatic rings. The molecule has 2 aromatic heterocycles. The summed E-state index contributed by atoms with van der Waals surface area (Å²) >= 11 is 7.09. The second-order valence-corrected chi connectivity index (χ2v) is 7.03. The van der Waals surface area contributed by atoms with E-state index in [1.165, 1.54) is 20.5 Å². The summed E-state index contributed by atoms with van der Waals surface area (Å²) in [5, 5.41) is 5.65. The molecule has 0 bridgehead atoms. The van der Waals surface area contributed by atoms with Crippen LogP contribution in [-0.4, -0.2) is 0 Å². The number of nitrogens with two attached hydrogens (primary N) is 1. The number of thiophene rings is 2. The Kier molecular flexibility index (Phi) is 4.00. The lowest BCUT2D eigenvalue weighted by molar-refractivity contribution is 0.561. The molecule has 3 aromatic rings. The lowest BCUT2D eigenvalue weighted by Gasteiger charge is -2.14. The van der Waals surface area contributed by atoms with Gasteiger partial charge in [0.1, 0.15) is 0 Å². The van der Waals surface area contributed by atoms with Gasteiger partial charge in [0.2, 0.25) is 0 Å². The molecule has 3 N–H and O–H groups in total. The third-order valence-electron chi connectivity index (χ3n) is 3.15. The number of hydrazine groups is 1. The Bertz CT molecular complexity index is 689. The molecule has 1 aromatic carbocycles. The fourth-order valence-corrected chi connectivity index (χ4v) is 4.88. The van der Waals surface area contributed by atoms with E-state index in [1.54, 1.807) is 22.7 Å². The molecule has 0 saturated carbocycles. The van der Waals surface area contributed by atoms with Gasteiger partial charge in [0.05, 0.1) is 6.04 Å². The summed E-state index contributed by atoms with van der Waals surface area (Å²) in [6.07, 6.45) is 0.902. The monoisotopic (exact) mass is 352 g/mol. The molecule has 3 rings (SSSR count). The summed E-state index contributed by atoms with van der Waals surface area (Å²) in [5.74, 6) is 5.73. The minimum absolute atomic E-state index is 0.146. The number of rotatable bonds is 4. The summed E-state index contributed by atoms with van der Waals surface area (Å²) in [6, 6.07) is 10.7. The Morgan fingerprint density at radius 3 is 2.79 bits per heavy atom. The quantitative estimate of drug-likeness (QED) is 0.536. The highest BCUT2D eigenvalue weighted by Crippen LogP contribution is 2.33. The number of fused-ring (bicyclic) bond motifs is 1. The van der Waals surface area contributed by atoms with Crippen molar-refractivity contribution in [1.29, 1.82) is 0 Å².